The molecule has 4 atom stereocenters. The van der Waals surface area contributed by atoms with E-state index in [0.29, 0.717) is 12.2 Å². The zero-order valence-corrected chi connectivity index (χ0v) is 21.5. The van der Waals surface area contributed by atoms with Crippen LogP contribution < -0.4 is 10.1 Å². The topological polar surface area (TPSA) is 121 Å². The number of aliphatic hydroxyl groups excluding tert-OH is 1. The Bertz CT molecular complexity index is 1180. The number of halogens is 3. The van der Waals surface area contributed by atoms with Gasteiger partial charge in [-0.15, -0.1) is 11.8 Å². The van der Waals surface area contributed by atoms with Crippen molar-refractivity contribution in [3.63, 3.8) is 0 Å². The van der Waals surface area contributed by atoms with E-state index < -0.39 is 33.9 Å². The van der Waals surface area contributed by atoms with Crippen molar-refractivity contribution in [2.24, 2.45) is 0 Å². The van der Waals surface area contributed by atoms with Gasteiger partial charge in [0.2, 0.25) is 0 Å². The molecular weight excluding hydrogens is 535 g/mol. The zero-order chi connectivity index (χ0) is 26.8. The number of hydrogen-bond acceptors (Lipinski definition) is 8. The fourth-order valence-corrected chi connectivity index (χ4v) is 6.46. The van der Waals surface area contributed by atoms with E-state index in [0.717, 1.165) is 16.0 Å². The summed E-state index contributed by atoms with van der Waals surface area (Å²) < 4.78 is 76.4. The minimum absolute atomic E-state index is 0.0351. The molecule has 2 aromatic carbocycles. The lowest BCUT2D eigenvalue weighted by Gasteiger charge is -2.29. The van der Waals surface area contributed by atoms with Crippen LogP contribution in [0.4, 0.5) is 13.2 Å². The fraction of sp³-hybridized carbons (Fsp3) is 0.500. The van der Waals surface area contributed by atoms with Gasteiger partial charge in [0.1, 0.15) is 5.75 Å². The van der Waals surface area contributed by atoms with Crippen molar-refractivity contribution < 1.29 is 45.8 Å². The predicted octanol–water partition coefficient (Wildman–Crippen LogP) is 4.59. The molecule has 4 rings (SSSR count). The smallest absolute Gasteiger partial charge is 0.391 e. The molecule has 1 fully saturated rings. The minimum atomic E-state index is -4.58. The first-order valence-corrected chi connectivity index (χ1v) is 14.1. The molecule has 2 aliphatic heterocycles. The third kappa shape index (κ3) is 6.96. The van der Waals surface area contributed by atoms with E-state index in [4.69, 9.17) is 4.74 Å². The summed E-state index contributed by atoms with van der Waals surface area (Å²) in [4.78, 5) is 9.74. The number of fused-ring (bicyclic) bond motifs is 1. The van der Waals surface area contributed by atoms with Crippen molar-refractivity contribution in [3.05, 3.63) is 59.7 Å². The predicted molar refractivity (Wildman–Crippen MR) is 129 cm³/mol. The van der Waals surface area contributed by atoms with Gasteiger partial charge in [0, 0.05) is 16.2 Å². The Kier molecular flexibility index (Phi) is 8.43. The molecule has 37 heavy (non-hydrogen) atoms. The Balaban J connectivity index is 1.59. The third-order valence-corrected chi connectivity index (χ3v) is 8.86. The van der Waals surface area contributed by atoms with Crippen molar-refractivity contribution >= 4 is 21.9 Å². The second-order valence-electron chi connectivity index (χ2n) is 9.01. The lowest BCUT2D eigenvalue weighted by atomic mass is 9.95. The molecule has 0 radical (unpaired) electrons. The lowest BCUT2D eigenvalue weighted by Crippen LogP contribution is -2.40. The number of ether oxygens (including phenoxy) is 1. The third-order valence-electron chi connectivity index (χ3n) is 6.28. The monoisotopic (exact) mass is 563 g/mol. The van der Waals surface area contributed by atoms with Gasteiger partial charge in [0.25, 0.3) is 0 Å². The second kappa shape index (κ2) is 11.1. The van der Waals surface area contributed by atoms with Gasteiger partial charge in [-0.3, -0.25) is 4.55 Å². The van der Waals surface area contributed by atoms with E-state index in [1.54, 1.807) is 18.2 Å². The molecule has 0 aromatic heterocycles. The molecule has 204 valence electrons. The summed E-state index contributed by atoms with van der Waals surface area (Å²) in [6.45, 7) is 1.82. The number of aliphatic hydroxyl groups is 1. The lowest BCUT2D eigenvalue weighted by molar-refractivity contribution is -0.154. The van der Waals surface area contributed by atoms with Crippen molar-refractivity contribution in [1.82, 2.24) is 5.32 Å². The standard InChI is InChI=1S/C24H28F3NO7S2/c1-2-19-21(12-16(29)14-23(25,26)27)36-20-9-8-17(33-11-10-24(34-35-24)37(30,31)32)13-18(20)22(28-19)15-6-4-3-5-7-15/h3-9,13,16,19,21-22,28-29H,2,10-12,14H2,1H3,(H,30,31,32)/t16?,19-,21-,22?/m1/s1. The maximum Gasteiger partial charge on any atom is 0.391 e. The van der Waals surface area contributed by atoms with Gasteiger partial charge >= 0.3 is 21.4 Å². The molecule has 0 saturated carbocycles. The van der Waals surface area contributed by atoms with Gasteiger partial charge in [-0.2, -0.15) is 31.4 Å². The second-order valence-corrected chi connectivity index (χ2v) is 11.9. The van der Waals surface area contributed by atoms with Crippen LogP contribution >= 0.6 is 11.8 Å². The maximum absolute atomic E-state index is 12.9. The summed E-state index contributed by atoms with van der Waals surface area (Å²) in [7, 11) is -4.58. The van der Waals surface area contributed by atoms with Gasteiger partial charge in [-0.05, 0) is 42.2 Å². The Labute approximate surface area is 217 Å². The number of rotatable bonds is 10. The van der Waals surface area contributed by atoms with Gasteiger partial charge in [-0.25, -0.2) is 0 Å². The highest BCUT2D eigenvalue weighted by Crippen LogP contribution is 2.43. The van der Waals surface area contributed by atoms with Crippen molar-refractivity contribution in [2.45, 2.75) is 72.2 Å². The first-order valence-electron chi connectivity index (χ1n) is 11.7. The number of hydrogen-bond donors (Lipinski definition) is 3. The van der Waals surface area contributed by atoms with Crippen LogP contribution in [0.3, 0.4) is 0 Å². The minimum Gasteiger partial charge on any atom is -0.493 e. The first kappa shape index (κ1) is 28.1. The Morgan fingerprint density at radius 1 is 1.19 bits per heavy atom. The molecule has 3 N–H and O–H groups in total. The Morgan fingerprint density at radius 2 is 1.89 bits per heavy atom. The molecule has 0 aliphatic carbocycles. The van der Waals surface area contributed by atoms with E-state index >= 15 is 0 Å². The molecule has 1 saturated heterocycles. The average molecular weight is 564 g/mol. The maximum atomic E-state index is 12.9. The molecule has 0 amide bonds. The van der Waals surface area contributed by atoms with Crippen LogP contribution in [0.25, 0.3) is 0 Å². The first-order chi connectivity index (χ1) is 17.4. The summed E-state index contributed by atoms with van der Waals surface area (Å²) >= 11 is 1.42. The summed E-state index contributed by atoms with van der Waals surface area (Å²) in [6.07, 6.45) is -6.89. The summed E-state index contributed by atoms with van der Waals surface area (Å²) in [5.41, 5.74) is 1.78. The Morgan fingerprint density at radius 3 is 2.49 bits per heavy atom. The molecule has 2 aromatic rings. The Hall–Kier alpha value is -1.87. The average Bonchev–Trinajstić information content (AvgIpc) is 3.62. The van der Waals surface area contributed by atoms with Gasteiger partial charge in [-0.1, -0.05) is 37.3 Å². The number of benzene rings is 2. The van der Waals surface area contributed by atoms with Crippen LogP contribution in [0, 0.1) is 0 Å². The molecule has 2 heterocycles. The van der Waals surface area contributed by atoms with Crippen LogP contribution in [0.1, 0.15) is 49.8 Å². The fourth-order valence-electron chi connectivity index (χ4n) is 4.38. The van der Waals surface area contributed by atoms with Crippen LogP contribution in [-0.2, 0) is 19.9 Å². The van der Waals surface area contributed by atoms with E-state index in [1.807, 2.05) is 37.3 Å². The summed E-state index contributed by atoms with van der Waals surface area (Å²) in [5, 5.41) is 11.3. The SMILES string of the molecule is CC[C@H]1NC(c2ccccc2)c2cc(OCCC3(S(=O)(=O)O)OO3)ccc2S[C@@H]1CC(O)CC(F)(F)F. The van der Waals surface area contributed by atoms with Crippen LogP contribution in [0.2, 0.25) is 0 Å². The molecular formula is C24H28F3NO7S2. The van der Waals surface area contributed by atoms with Crippen molar-refractivity contribution in [2.75, 3.05) is 6.61 Å². The summed E-state index contributed by atoms with van der Waals surface area (Å²) in [5.74, 6) is 0.428. The highest BCUT2D eigenvalue weighted by atomic mass is 32.2. The van der Waals surface area contributed by atoms with Gasteiger partial charge in [0.05, 0.1) is 31.6 Å². The van der Waals surface area contributed by atoms with Crippen molar-refractivity contribution in [3.8, 4) is 5.75 Å². The summed E-state index contributed by atoms with van der Waals surface area (Å²) in [6, 6.07) is 14.4. The quantitative estimate of drug-likeness (QED) is 0.216. The number of nitrogens with one attached hydrogen (secondary N) is 1. The number of alkyl halides is 3. The van der Waals surface area contributed by atoms with Gasteiger partial charge < -0.3 is 15.2 Å². The molecule has 13 heteroatoms. The zero-order valence-electron chi connectivity index (χ0n) is 19.8. The van der Waals surface area contributed by atoms with E-state index in [1.165, 1.54) is 11.8 Å². The normalized spacial score (nSPS) is 24.1. The van der Waals surface area contributed by atoms with E-state index in [-0.39, 0.29) is 36.8 Å². The molecule has 2 aliphatic rings. The van der Waals surface area contributed by atoms with Gasteiger partial charge in [0.15, 0.2) is 0 Å². The molecule has 2 unspecified atom stereocenters. The highest BCUT2D eigenvalue weighted by Gasteiger charge is 2.61. The van der Waals surface area contributed by atoms with Crippen LogP contribution in [0.15, 0.2) is 53.4 Å². The van der Waals surface area contributed by atoms with E-state index in [2.05, 4.69) is 15.1 Å². The molecule has 8 nitrogen and oxygen atoms in total. The highest BCUT2D eigenvalue weighted by molar-refractivity contribution is 8.00. The van der Waals surface area contributed by atoms with Crippen molar-refractivity contribution in [1.29, 1.82) is 0 Å². The van der Waals surface area contributed by atoms with E-state index in [9.17, 15) is 31.2 Å². The molecule has 0 spiro atoms. The van der Waals surface area contributed by atoms with Crippen LogP contribution in [-0.4, -0.2) is 53.4 Å². The molecule has 0 bridgehead atoms. The largest absolute Gasteiger partial charge is 0.493 e. The number of thioether (sulfide) groups is 1. The van der Waals surface area contributed by atoms with Crippen LogP contribution in [0.5, 0.6) is 5.75 Å².